The lowest BCUT2D eigenvalue weighted by Crippen LogP contribution is -2.29. The number of aromatic nitrogens is 1. The number of aryl methyl sites for hydroxylation is 1. The number of carbonyl (C=O) groups excluding carboxylic acids is 2. The van der Waals surface area contributed by atoms with Gasteiger partial charge in [-0.15, -0.1) is 11.8 Å². The van der Waals surface area contributed by atoms with E-state index in [2.05, 4.69) is 11.9 Å². The molecule has 1 unspecified atom stereocenters. The molecule has 2 heterocycles. The first-order valence-electron chi connectivity index (χ1n) is 12.0. The van der Waals surface area contributed by atoms with E-state index in [1.165, 1.54) is 23.9 Å². The van der Waals surface area contributed by atoms with Gasteiger partial charge in [0, 0.05) is 6.20 Å². The smallest absolute Gasteiger partial charge is 0.338 e. The van der Waals surface area contributed by atoms with E-state index >= 15 is 0 Å². The fourth-order valence-corrected chi connectivity index (χ4v) is 5.22. The summed E-state index contributed by atoms with van der Waals surface area (Å²) in [6, 6.07) is 15.0. The molecule has 0 N–H and O–H groups in total. The lowest BCUT2D eigenvalue weighted by molar-refractivity contribution is -0.115. The van der Waals surface area contributed by atoms with Crippen molar-refractivity contribution in [1.29, 1.82) is 0 Å². The van der Waals surface area contributed by atoms with Crippen molar-refractivity contribution < 1.29 is 23.5 Å². The first-order valence-corrected chi connectivity index (χ1v) is 13.1. The summed E-state index contributed by atoms with van der Waals surface area (Å²) in [5, 5.41) is -0.346. The fraction of sp³-hybridized carbons (Fsp3) is 0.321. The second kappa shape index (κ2) is 12.0. The van der Waals surface area contributed by atoms with E-state index in [4.69, 9.17) is 9.47 Å². The van der Waals surface area contributed by atoms with Crippen LogP contribution in [0.25, 0.3) is 0 Å². The van der Waals surface area contributed by atoms with E-state index < -0.39 is 5.97 Å². The molecule has 0 spiro atoms. The average Bonchev–Trinajstić information content (AvgIpc) is 3.26. The van der Waals surface area contributed by atoms with Gasteiger partial charge >= 0.3 is 5.97 Å². The van der Waals surface area contributed by atoms with E-state index in [1.807, 2.05) is 25.1 Å². The van der Waals surface area contributed by atoms with Gasteiger partial charge in [0.2, 0.25) is 5.91 Å². The second-order valence-electron chi connectivity index (χ2n) is 8.57. The van der Waals surface area contributed by atoms with E-state index in [9.17, 15) is 14.0 Å². The van der Waals surface area contributed by atoms with Crippen LogP contribution in [0.4, 0.5) is 10.1 Å². The third-order valence-corrected chi connectivity index (χ3v) is 7.06. The number of rotatable bonds is 10. The van der Waals surface area contributed by atoms with E-state index in [1.54, 1.807) is 35.4 Å². The minimum atomic E-state index is -0.430. The highest BCUT2D eigenvalue weighted by Crippen LogP contribution is 2.47. The van der Waals surface area contributed by atoms with Crippen LogP contribution in [0.15, 0.2) is 60.8 Å². The summed E-state index contributed by atoms with van der Waals surface area (Å²) in [4.78, 5) is 31.9. The van der Waals surface area contributed by atoms with Gasteiger partial charge in [-0.1, -0.05) is 38.0 Å². The largest absolute Gasteiger partial charge is 0.485 e. The molecule has 4 rings (SSSR count). The Hall–Kier alpha value is -3.39. The standard InChI is InChI=1S/C28H29FN2O4S/c1-3-4-7-14-34-28(33)21-15-19(2)26(24(16-21)35-17-23-8-5-6-13-30-23)31-25(32)18-36-27(31)20-9-11-22(29)12-10-20/h5-6,8-13,15-16,27H,3-4,7,14,17-18H2,1-2H3. The number of unbranched alkanes of at least 4 members (excludes halogenated alkanes) is 2. The third kappa shape index (κ3) is 6.05. The first-order chi connectivity index (χ1) is 17.5. The van der Waals surface area contributed by atoms with E-state index in [0.717, 1.165) is 24.8 Å². The Balaban J connectivity index is 1.69. The van der Waals surface area contributed by atoms with Crippen molar-refractivity contribution in [3.8, 4) is 5.75 Å². The predicted octanol–water partition coefficient (Wildman–Crippen LogP) is 6.23. The summed E-state index contributed by atoms with van der Waals surface area (Å²) < 4.78 is 25.2. The SMILES string of the molecule is CCCCCOC(=O)c1cc(C)c(N2C(=O)CSC2c2ccc(F)cc2)c(OCc2ccccn2)c1. The number of anilines is 1. The maximum absolute atomic E-state index is 13.6. The van der Waals surface area contributed by atoms with E-state index in [-0.39, 0.29) is 29.5 Å². The van der Waals surface area contributed by atoms with Crippen molar-refractivity contribution in [3.05, 3.63) is 89.0 Å². The van der Waals surface area contributed by atoms with Crippen molar-refractivity contribution in [2.75, 3.05) is 17.3 Å². The van der Waals surface area contributed by atoms with Crippen LogP contribution >= 0.6 is 11.8 Å². The van der Waals surface area contributed by atoms with Crippen molar-refractivity contribution in [2.24, 2.45) is 0 Å². The van der Waals surface area contributed by atoms with Crippen molar-refractivity contribution in [2.45, 2.75) is 45.1 Å². The Bertz CT molecular complexity index is 1200. The molecular weight excluding hydrogens is 479 g/mol. The van der Waals surface area contributed by atoms with Gasteiger partial charge in [-0.3, -0.25) is 14.7 Å². The Morgan fingerprint density at radius 2 is 1.97 bits per heavy atom. The van der Waals surface area contributed by atoms with Crippen LogP contribution in [0.5, 0.6) is 5.75 Å². The van der Waals surface area contributed by atoms with Gasteiger partial charge in [-0.2, -0.15) is 0 Å². The summed E-state index contributed by atoms with van der Waals surface area (Å²) in [6.07, 6.45) is 4.51. The van der Waals surface area contributed by atoms with Crippen molar-refractivity contribution in [1.82, 2.24) is 4.98 Å². The number of benzene rings is 2. The van der Waals surface area contributed by atoms with Gasteiger partial charge in [-0.25, -0.2) is 9.18 Å². The highest BCUT2D eigenvalue weighted by atomic mass is 32.2. The lowest BCUT2D eigenvalue weighted by atomic mass is 10.1. The molecule has 0 saturated carbocycles. The zero-order valence-corrected chi connectivity index (χ0v) is 21.2. The Morgan fingerprint density at radius 3 is 2.69 bits per heavy atom. The molecule has 1 aliphatic heterocycles. The molecule has 8 heteroatoms. The number of carbonyl (C=O) groups is 2. The average molecular weight is 509 g/mol. The second-order valence-corrected chi connectivity index (χ2v) is 9.64. The summed E-state index contributed by atoms with van der Waals surface area (Å²) >= 11 is 1.46. The third-order valence-electron chi connectivity index (χ3n) is 5.85. The first kappa shape index (κ1) is 25.7. The van der Waals surface area contributed by atoms with Gasteiger partial charge in [-0.05, 0) is 60.9 Å². The number of thioether (sulfide) groups is 1. The lowest BCUT2D eigenvalue weighted by Gasteiger charge is -2.28. The van der Waals surface area contributed by atoms with Crippen LogP contribution < -0.4 is 9.64 Å². The van der Waals surface area contributed by atoms with Crippen LogP contribution in [0, 0.1) is 12.7 Å². The summed E-state index contributed by atoms with van der Waals surface area (Å²) in [7, 11) is 0. The maximum Gasteiger partial charge on any atom is 0.338 e. The van der Waals surface area contributed by atoms with Gasteiger partial charge in [0.05, 0.1) is 29.3 Å². The van der Waals surface area contributed by atoms with Crippen LogP contribution in [0.2, 0.25) is 0 Å². The minimum absolute atomic E-state index is 0.0880. The number of pyridine rings is 1. The fourth-order valence-electron chi connectivity index (χ4n) is 4.06. The number of amides is 1. The summed E-state index contributed by atoms with van der Waals surface area (Å²) in [5.41, 5.74) is 3.17. The Kier molecular flexibility index (Phi) is 8.59. The molecule has 1 fully saturated rings. The molecule has 1 saturated heterocycles. The van der Waals surface area contributed by atoms with Crippen LogP contribution in [-0.4, -0.2) is 29.2 Å². The zero-order chi connectivity index (χ0) is 25.5. The summed E-state index contributed by atoms with van der Waals surface area (Å²) in [6.45, 7) is 4.45. The highest BCUT2D eigenvalue weighted by molar-refractivity contribution is 8.00. The van der Waals surface area contributed by atoms with Gasteiger partial charge in [0.25, 0.3) is 0 Å². The minimum Gasteiger partial charge on any atom is -0.485 e. The quantitative estimate of drug-likeness (QED) is 0.239. The number of hydrogen-bond donors (Lipinski definition) is 0. The predicted molar refractivity (Wildman–Crippen MR) is 139 cm³/mol. The maximum atomic E-state index is 13.6. The van der Waals surface area contributed by atoms with Gasteiger partial charge in [0.1, 0.15) is 23.5 Å². The van der Waals surface area contributed by atoms with Crippen molar-refractivity contribution >= 4 is 29.3 Å². The monoisotopic (exact) mass is 508 g/mol. The molecule has 2 aromatic carbocycles. The Morgan fingerprint density at radius 1 is 1.17 bits per heavy atom. The normalized spacial score (nSPS) is 15.2. The van der Waals surface area contributed by atoms with Gasteiger partial charge < -0.3 is 9.47 Å². The Labute approximate surface area is 214 Å². The topological polar surface area (TPSA) is 68.7 Å². The molecule has 188 valence electrons. The summed E-state index contributed by atoms with van der Waals surface area (Å²) in [5.74, 6) is -0.181. The molecule has 1 aliphatic rings. The number of esters is 1. The molecular formula is C28H29FN2O4S. The molecule has 3 aromatic rings. The van der Waals surface area contributed by atoms with Crippen molar-refractivity contribution in [3.63, 3.8) is 0 Å². The molecule has 6 nitrogen and oxygen atoms in total. The van der Waals surface area contributed by atoms with E-state index in [0.29, 0.717) is 34.9 Å². The van der Waals surface area contributed by atoms with Crippen LogP contribution in [-0.2, 0) is 16.1 Å². The molecule has 1 atom stereocenters. The van der Waals surface area contributed by atoms with Gasteiger partial charge in [0.15, 0.2) is 0 Å². The number of nitrogens with zero attached hydrogens (tertiary/aromatic N) is 2. The molecule has 0 aliphatic carbocycles. The molecule has 1 amide bonds. The zero-order valence-electron chi connectivity index (χ0n) is 20.4. The number of ether oxygens (including phenoxy) is 2. The number of hydrogen-bond acceptors (Lipinski definition) is 6. The number of halogens is 1. The molecule has 1 aromatic heterocycles. The molecule has 0 radical (unpaired) electrons. The van der Waals surface area contributed by atoms with Crippen LogP contribution in [0.3, 0.4) is 0 Å². The molecule has 0 bridgehead atoms. The highest BCUT2D eigenvalue weighted by Gasteiger charge is 2.37. The molecule has 36 heavy (non-hydrogen) atoms. The van der Waals surface area contributed by atoms with Crippen LogP contribution in [0.1, 0.15) is 58.7 Å².